The molecule has 0 spiro atoms. The van der Waals surface area contributed by atoms with Gasteiger partial charge < -0.3 is 0 Å². The van der Waals surface area contributed by atoms with Gasteiger partial charge in [-0.15, -0.1) is 11.3 Å². The molecule has 0 amide bonds. The zero-order valence-corrected chi connectivity index (χ0v) is 13.1. The Hall–Kier alpha value is -1.64. The lowest BCUT2D eigenvalue weighted by atomic mass is 9.84. The molecule has 1 aliphatic rings. The van der Waals surface area contributed by atoms with Crippen molar-refractivity contribution >= 4 is 21.4 Å². The van der Waals surface area contributed by atoms with Crippen molar-refractivity contribution in [2.24, 2.45) is 0 Å². The summed E-state index contributed by atoms with van der Waals surface area (Å²) in [6, 6.07) is 18.1. The Morgan fingerprint density at radius 3 is 2.95 bits per heavy atom. The summed E-state index contributed by atoms with van der Waals surface area (Å²) in [5, 5.41) is 3.54. The predicted molar refractivity (Wildman–Crippen MR) is 91.1 cm³/mol. The highest BCUT2D eigenvalue weighted by molar-refractivity contribution is 7.17. The highest BCUT2D eigenvalue weighted by Gasteiger charge is 2.25. The normalized spacial score (nSPS) is 18.8. The first kappa shape index (κ1) is 13.1. The minimum absolute atomic E-state index is 0.501. The molecule has 21 heavy (non-hydrogen) atoms. The average Bonchev–Trinajstić information content (AvgIpc) is 3.01. The Morgan fingerprint density at radius 1 is 1.14 bits per heavy atom. The van der Waals surface area contributed by atoms with E-state index in [-0.39, 0.29) is 0 Å². The lowest BCUT2D eigenvalue weighted by Gasteiger charge is -2.34. The van der Waals surface area contributed by atoms with Crippen LogP contribution in [0.1, 0.15) is 29.5 Å². The third-order valence-electron chi connectivity index (χ3n) is 4.60. The molecule has 1 nitrogen and oxygen atoms in total. The molecule has 0 N–H and O–H groups in total. The van der Waals surface area contributed by atoms with Crippen molar-refractivity contribution < 1.29 is 0 Å². The molecular weight excluding hydrogens is 274 g/mol. The summed E-state index contributed by atoms with van der Waals surface area (Å²) in [7, 11) is 0. The molecule has 2 heterocycles. The summed E-state index contributed by atoms with van der Waals surface area (Å²) in [6.45, 7) is 5.59. The molecule has 1 atom stereocenters. The summed E-state index contributed by atoms with van der Waals surface area (Å²) in [6.07, 6.45) is 0. The van der Waals surface area contributed by atoms with Crippen LogP contribution in [0.2, 0.25) is 0 Å². The predicted octanol–water partition coefficient (Wildman–Crippen LogP) is 4.87. The zero-order chi connectivity index (χ0) is 14.2. The van der Waals surface area contributed by atoms with Gasteiger partial charge in [0.1, 0.15) is 0 Å². The van der Waals surface area contributed by atoms with Crippen molar-refractivity contribution in [2.75, 3.05) is 13.1 Å². The quantitative estimate of drug-likeness (QED) is 0.651. The summed E-state index contributed by atoms with van der Waals surface area (Å²) >= 11 is 1.84. The van der Waals surface area contributed by atoms with Crippen molar-refractivity contribution in [1.29, 1.82) is 0 Å². The number of hydrogen-bond acceptors (Lipinski definition) is 2. The van der Waals surface area contributed by atoms with Crippen LogP contribution in [-0.4, -0.2) is 18.0 Å². The van der Waals surface area contributed by atoms with Crippen molar-refractivity contribution in [3.8, 4) is 0 Å². The van der Waals surface area contributed by atoms with Crippen LogP contribution in [0.15, 0.2) is 53.9 Å². The van der Waals surface area contributed by atoms with Crippen LogP contribution >= 0.6 is 11.3 Å². The maximum atomic E-state index is 2.55. The number of benzene rings is 2. The van der Waals surface area contributed by atoms with Crippen molar-refractivity contribution in [1.82, 2.24) is 4.90 Å². The van der Waals surface area contributed by atoms with E-state index < -0.39 is 0 Å². The Labute approximate surface area is 129 Å². The number of hydrogen-bond donors (Lipinski definition) is 0. The Bertz CT molecular complexity index is 774. The second-order valence-corrected chi connectivity index (χ2v) is 6.74. The monoisotopic (exact) mass is 293 g/mol. The number of fused-ring (bicyclic) bond motifs is 2. The molecule has 0 saturated carbocycles. The minimum Gasteiger partial charge on any atom is -0.298 e. The smallest absolute Gasteiger partial charge is 0.0345 e. The van der Waals surface area contributed by atoms with Gasteiger partial charge in [-0.3, -0.25) is 4.90 Å². The number of nitrogens with zero attached hydrogens (tertiary/aromatic N) is 1. The molecule has 2 heteroatoms. The van der Waals surface area contributed by atoms with Gasteiger partial charge in [0.2, 0.25) is 0 Å². The molecule has 0 radical (unpaired) electrons. The molecule has 0 saturated heterocycles. The van der Waals surface area contributed by atoms with Crippen LogP contribution in [-0.2, 0) is 6.54 Å². The number of rotatable bonds is 2. The fraction of sp³-hybridized carbons (Fsp3) is 0.263. The molecule has 106 valence electrons. The van der Waals surface area contributed by atoms with Gasteiger partial charge in [0, 0.05) is 23.7 Å². The fourth-order valence-electron chi connectivity index (χ4n) is 3.39. The standard InChI is InChI=1S/C19H19NS/c1-2-20-12-16-5-3-4-6-17(16)18(13-20)15-8-7-14-9-10-21-19(14)11-15/h3-11,18H,2,12-13H2,1H3. The first-order valence-corrected chi connectivity index (χ1v) is 8.50. The van der Waals surface area contributed by atoms with E-state index in [2.05, 4.69) is 65.7 Å². The van der Waals surface area contributed by atoms with E-state index in [0.29, 0.717) is 5.92 Å². The molecule has 1 aliphatic heterocycles. The van der Waals surface area contributed by atoms with Crippen LogP contribution in [0.4, 0.5) is 0 Å². The average molecular weight is 293 g/mol. The van der Waals surface area contributed by atoms with E-state index in [1.165, 1.54) is 26.8 Å². The lowest BCUT2D eigenvalue weighted by Crippen LogP contribution is -2.33. The largest absolute Gasteiger partial charge is 0.298 e. The number of likely N-dealkylation sites (N-methyl/N-ethyl adjacent to an activating group) is 1. The van der Waals surface area contributed by atoms with Gasteiger partial charge in [-0.1, -0.05) is 43.3 Å². The van der Waals surface area contributed by atoms with Crippen molar-refractivity contribution in [3.63, 3.8) is 0 Å². The van der Waals surface area contributed by atoms with Gasteiger partial charge in [0.05, 0.1) is 0 Å². The highest BCUT2D eigenvalue weighted by atomic mass is 32.1. The van der Waals surface area contributed by atoms with Crippen molar-refractivity contribution in [3.05, 3.63) is 70.6 Å². The maximum Gasteiger partial charge on any atom is 0.0345 e. The summed E-state index contributed by atoms with van der Waals surface area (Å²) in [5.74, 6) is 0.501. The minimum atomic E-state index is 0.501. The van der Waals surface area contributed by atoms with Gasteiger partial charge in [0.15, 0.2) is 0 Å². The van der Waals surface area contributed by atoms with Gasteiger partial charge in [-0.05, 0) is 46.1 Å². The van der Waals surface area contributed by atoms with E-state index in [0.717, 1.165) is 19.6 Å². The van der Waals surface area contributed by atoms with Crippen molar-refractivity contribution in [2.45, 2.75) is 19.4 Å². The first-order chi connectivity index (χ1) is 10.3. The molecule has 1 aromatic heterocycles. The van der Waals surface area contributed by atoms with Gasteiger partial charge in [-0.25, -0.2) is 0 Å². The fourth-order valence-corrected chi connectivity index (χ4v) is 4.23. The van der Waals surface area contributed by atoms with Crippen LogP contribution in [0.5, 0.6) is 0 Å². The lowest BCUT2D eigenvalue weighted by molar-refractivity contribution is 0.253. The maximum absolute atomic E-state index is 2.55. The summed E-state index contributed by atoms with van der Waals surface area (Å²) in [4.78, 5) is 2.55. The third-order valence-corrected chi connectivity index (χ3v) is 5.47. The van der Waals surface area contributed by atoms with Crippen LogP contribution in [0.25, 0.3) is 10.1 Å². The number of thiophene rings is 1. The molecule has 0 bridgehead atoms. The molecule has 0 aliphatic carbocycles. The SMILES string of the molecule is CCN1Cc2ccccc2C(c2ccc3ccsc3c2)C1. The first-order valence-electron chi connectivity index (χ1n) is 7.62. The van der Waals surface area contributed by atoms with Crippen LogP contribution < -0.4 is 0 Å². The van der Waals surface area contributed by atoms with E-state index >= 15 is 0 Å². The summed E-state index contributed by atoms with van der Waals surface area (Å²) in [5.41, 5.74) is 4.45. The third kappa shape index (κ3) is 2.29. The topological polar surface area (TPSA) is 3.24 Å². The second kappa shape index (κ2) is 5.28. The summed E-state index contributed by atoms with van der Waals surface area (Å²) < 4.78 is 1.40. The van der Waals surface area contributed by atoms with E-state index in [1.54, 1.807) is 0 Å². The molecular formula is C19H19NS. The van der Waals surface area contributed by atoms with Gasteiger partial charge in [-0.2, -0.15) is 0 Å². The zero-order valence-electron chi connectivity index (χ0n) is 12.3. The molecule has 4 rings (SSSR count). The molecule has 0 fully saturated rings. The van der Waals surface area contributed by atoms with E-state index in [1.807, 2.05) is 11.3 Å². The van der Waals surface area contributed by atoms with Gasteiger partial charge in [0.25, 0.3) is 0 Å². The molecule has 1 unspecified atom stereocenters. The van der Waals surface area contributed by atoms with E-state index in [4.69, 9.17) is 0 Å². The second-order valence-electron chi connectivity index (χ2n) is 5.80. The van der Waals surface area contributed by atoms with Crippen LogP contribution in [0, 0.1) is 0 Å². The molecule has 2 aromatic carbocycles. The Balaban J connectivity index is 1.82. The van der Waals surface area contributed by atoms with Crippen LogP contribution in [0.3, 0.4) is 0 Å². The highest BCUT2D eigenvalue weighted by Crippen LogP contribution is 2.35. The van der Waals surface area contributed by atoms with E-state index in [9.17, 15) is 0 Å². The Kier molecular flexibility index (Phi) is 3.28. The Morgan fingerprint density at radius 2 is 2.05 bits per heavy atom. The molecule has 3 aromatic rings. The van der Waals surface area contributed by atoms with Gasteiger partial charge >= 0.3 is 0 Å².